The lowest BCUT2D eigenvalue weighted by Crippen LogP contribution is -2.62. The van der Waals surface area contributed by atoms with E-state index in [1.807, 2.05) is 0 Å². The second-order valence-electron chi connectivity index (χ2n) is 11.2. The molecule has 15 heteroatoms. The molecule has 222 valence electrons. The number of aromatic nitrogens is 4. The molecular formula is C28H20Cl2F4N6O3. The molecule has 2 saturated heterocycles. The topological polar surface area (TPSA) is 105 Å². The van der Waals surface area contributed by atoms with Gasteiger partial charge < -0.3 is 14.2 Å². The van der Waals surface area contributed by atoms with E-state index in [1.165, 1.54) is 22.1 Å². The van der Waals surface area contributed by atoms with Crippen molar-refractivity contribution >= 4 is 46.0 Å². The number of rotatable bonds is 5. The summed E-state index contributed by atoms with van der Waals surface area (Å²) in [6.07, 6.45) is 0.833. The highest BCUT2D eigenvalue weighted by Crippen LogP contribution is 2.54. The summed E-state index contributed by atoms with van der Waals surface area (Å²) in [6, 6.07) is 10.3. The predicted molar refractivity (Wildman–Crippen MR) is 144 cm³/mol. The predicted octanol–water partition coefficient (Wildman–Crippen LogP) is 5.18. The molecule has 1 aliphatic carbocycles. The zero-order chi connectivity index (χ0) is 30.3. The van der Waals surface area contributed by atoms with Gasteiger partial charge in [0.25, 0.3) is 17.7 Å². The van der Waals surface area contributed by atoms with Crippen LogP contribution in [-0.2, 0) is 10.7 Å². The van der Waals surface area contributed by atoms with Crippen LogP contribution in [0.15, 0.2) is 53.1 Å². The number of carbonyl (C=O) groups is 2. The minimum absolute atomic E-state index is 0.0111. The summed E-state index contributed by atoms with van der Waals surface area (Å²) in [5.74, 6) is -11.2. The third-order valence-corrected chi connectivity index (χ3v) is 9.08. The van der Waals surface area contributed by atoms with E-state index in [-0.39, 0.29) is 47.8 Å². The largest absolute Gasteiger partial charge is 0.419 e. The van der Waals surface area contributed by atoms with Gasteiger partial charge in [0, 0.05) is 43.6 Å². The zero-order valence-corrected chi connectivity index (χ0v) is 23.5. The van der Waals surface area contributed by atoms with Crippen molar-refractivity contribution in [2.45, 2.75) is 24.2 Å². The van der Waals surface area contributed by atoms with E-state index in [2.05, 4.69) is 20.2 Å². The number of amides is 2. The number of para-hydroxylation sites is 2. The van der Waals surface area contributed by atoms with Crippen LogP contribution in [0.25, 0.3) is 11.0 Å². The molecule has 4 aromatic rings. The average Bonchev–Trinajstić information content (AvgIpc) is 3.31. The maximum Gasteiger partial charge on any atom is 0.349 e. The van der Waals surface area contributed by atoms with E-state index in [0.717, 1.165) is 12.1 Å². The molecule has 1 unspecified atom stereocenters. The van der Waals surface area contributed by atoms with Crippen molar-refractivity contribution in [2.75, 3.05) is 26.2 Å². The molecule has 3 fully saturated rings. The number of nitrogens with zero attached hydrogens (tertiary/aromatic N) is 6. The van der Waals surface area contributed by atoms with Crippen LogP contribution in [0.5, 0.6) is 0 Å². The van der Waals surface area contributed by atoms with Crippen molar-refractivity contribution in [3.63, 3.8) is 0 Å². The second kappa shape index (κ2) is 9.58. The lowest BCUT2D eigenvalue weighted by atomic mass is 9.71. The van der Waals surface area contributed by atoms with Gasteiger partial charge in [-0.05, 0) is 24.3 Å². The first kappa shape index (κ1) is 28.0. The van der Waals surface area contributed by atoms with Crippen molar-refractivity contribution in [3.8, 4) is 0 Å². The average molecular weight is 635 g/mol. The summed E-state index contributed by atoms with van der Waals surface area (Å²) in [5, 5.41) is 7.53. The van der Waals surface area contributed by atoms with Crippen LogP contribution in [-0.4, -0.2) is 73.9 Å². The third-order valence-electron chi connectivity index (χ3n) is 8.34. The fourth-order valence-corrected chi connectivity index (χ4v) is 6.19. The molecule has 2 atom stereocenters. The number of halogens is 6. The van der Waals surface area contributed by atoms with Gasteiger partial charge in [-0.25, -0.2) is 13.8 Å². The number of alkyl halides is 4. The summed E-state index contributed by atoms with van der Waals surface area (Å²) >= 11 is 11.8. The fourth-order valence-electron chi connectivity index (χ4n) is 5.89. The van der Waals surface area contributed by atoms with Gasteiger partial charge in [0.05, 0.1) is 33.2 Å². The first-order chi connectivity index (χ1) is 20.4. The Hall–Kier alpha value is -3.84. The van der Waals surface area contributed by atoms with Gasteiger partial charge in [-0.3, -0.25) is 14.6 Å². The minimum atomic E-state index is -3.72. The van der Waals surface area contributed by atoms with Gasteiger partial charge in [0.1, 0.15) is 11.6 Å². The van der Waals surface area contributed by atoms with Crippen LogP contribution in [0.1, 0.15) is 40.2 Å². The highest BCUT2D eigenvalue weighted by Gasteiger charge is 2.66. The molecule has 4 heterocycles. The summed E-state index contributed by atoms with van der Waals surface area (Å²) in [5.41, 5.74) is -0.230. The maximum atomic E-state index is 15.4. The normalized spacial score (nSPS) is 22.2. The summed E-state index contributed by atoms with van der Waals surface area (Å²) in [4.78, 5) is 37.7. The van der Waals surface area contributed by atoms with E-state index in [9.17, 15) is 18.4 Å². The van der Waals surface area contributed by atoms with Crippen molar-refractivity contribution in [1.29, 1.82) is 0 Å². The number of hydrogen-bond donors (Lipinski definition) is 0. The number of carbonyl (C=O) groups excluding carboxylic acids is 2. The lowest BCUT2D eigenvalue weighted by molar-refractivity contribution is -0.147. The second-order valence-corrected chi connectivity index (χ2v) is 12.0. The molecule has 0 radical (unpaired) electrons. The van der Waals surface area contributed by atoms with Crippen LogP contribution < -0.4 is 0 Å². The molecule has 2 amide bonds. The molecule has 43 heavy (non-hydrogen) atoms. The fraction of sp³-hybridized carbons (Fsp3) is 0.357. The van der Waals surface area contributed by atoms with Gasteiger partial charge in [-0.2, -0.15) is 8.78 Å². The molecule has 2 aromatic heterocycles. The molecule has 0 bridgehead atoms. The number of likely N-dealkylation sites (tertiary alicyclic amines) is 2. The standard InChI is InChI=1S/C28H20Cl2F4N6O3/c29-17-6-5-14(7-18(17)30)28(33,34)25-38-37-22(43-25)16-10-39(24(42)21-9-35-19-3-1-2-4-20(19)36-21)11-26(16)12-40(13-26)23(41)15-8-27(15,31)32/h1-7,9,15-16H,8,10-13H2/t15-,16?/m1/s1. The monoisotopic (exact) mass is 634 g/mol. The number of hydrogen-bond acceptors (Lipinski definition) is 7. The first-order valence-electron chi connectivity index (χ1n) is 13.2. The maximum absolute atomic E-state index is 15.4. The van der Waals surface area contributed by atoms with Crippen LogP contribution >= 0.6 is 23.2 Å². The Morgan fingerprint density at radius 1 is 0.977 bits per heavy atom. The van der Waals surface area contributed by atoms with Crippen molar-refractivity contribution in [2.24, 2.45) is 11.3 Å². The van der Waals surface area contributed by atoms with E-state index >= 15 is 8.78 Å². The Morgan fingerprint density at radius 2 is 1.67 bits per heavy atom. The van der Waals surface area contributed by atoms with Crippen molar-refractivity contribution in [3.05, 3.63) is 81.7 Å². The van der Waals surface area contributed by atoms with Crippen LogP contribution in [0.2, 0.25) is 10.0 Å². The zero-order valence-electron chi connectivity index (χ0n) is 22.0. The van der Waals surface area contributed by atoms with E-state index in [4.69, 9.17) is 27.6 Å². The molecule has 3 aliphatic rings. The summed E-state index contributed by atoms with van der Waals surface area (Å²) in [6.45, 7) is 0.0833. The molecule has 7 rings (SSSR count). The van der Waals surface area contributed by atoms with Gasteiger partial charge >= 0.3 is 5.92 Å². The van der Waals surface area contributed by atoms with Crippen LogP contribution in [0.4, 0.5) is 17.6 Å². The summed E-state index contributed by atoms with van der Waals surface area (Å²) in [7, 11) is 0. The minimum Gasteiger partial charge on any atom is -0.419 e. The van der Waals surface area contributed by atoms with E-state index in [1.54, 1.807) is 24.3 Å². The molecule has 1 spiro atoms. The Labute approximate surface area is 250 Å². The molecule has 2 aliphatic heterocycles. The van der Waals surface area contributed by atoms with Gasteiger partial charge in [-0.15, -0.1) is 10.2 Å². The smallest absolute Gasteiger partial charge is 0.349 e. The lowest BCUT2D eigenvalue weighted by Gasteiger charge is -2.50. The van der Waals surface area contributed by atoms with Crippen molar-refractivity contribution in [1.82, 2.24) is 30.0 Å². The third kappa shape index (κ3) is 4.60. The summed E-state index contributed by atoms with van der Waals surface area (Å²) < 4.78 is 63.5. The van der Waals surface area contributed by atoms with Gasteiger partial charge in [0.15, 0.2) is 0 Å². The Balaban J connectivity index is 1.18. The van der Waals surface area contributed by atoms with Gasteiger partial charge in [-0.1, -0.05) is 41.4 Å². The highest BCUT2D eigenvalue weighted by molar-refractivity contribution is 6.42. The Morgan fingerprint density at radius 3 is 2.37 bits per heavy atom. The van der Waals surface area contributed by atoms with Crippen LogP contribution in [0.3, 0.4) is 0 Å². The molecule has 2 aromatic carbocycles. The molecule has 1 saturated carbocycles. The Kier molecular flexibility index (Phi) is 6.23. The van der Waals surface area contributed by atoms with Crippen molar-refractivity contribution < 1.29 is 31.6 Å². The van der Waals surface area contributed by atoms with Crippen LogP contribution in [0, 0.1) is 11.3 Å². The number of benzene rings is 2. The SMILES string of the molecule is O=C(c1cnc2ccccc2n1)N1CC(c2nnc(C(F)(F)c3ccc(Cl)c(Cl)c3)o2)C2(C1)CN(C(=O)[C@H]1CC1(F)F)C2. The first-order valence-corrected chi connectivity index (χ1v) is 14.0. The highest BCUT2D eigenvalue weighted by atomic mass is 35.5. The quantitative estimate of drug-likeness (QED) is 0.278. The van der Waals surface area contributed by atoms with E-state index < -0.39 is 58.8 Å². The molecule has 9 nitrogen and oxygen atoms in total. The van der Waals surface area contributed by atoms with Gasteiger partial charge in [0.2, 0.25) is 11.8 Å². The molecular weight excluding hydrogens is 615 g/mol. The molecule has 0 N–H and O–H groups in total. The number of fused-ring (bicyclic) bond motifs is 1. The Bertz CT molecular complexity index is 1800. The van der Waals surface area contributed by atoms with E-state index in [0.29, 0.717) is 11.0 Å².